The molecule has 1 heterocycles. The molecule has 150 valence electrons. The van der Waals surface area contributed by atoms with Gasteiger partial charge in [-0.2, -0.15) is 0 Å². The molecule has 0 fully saturated rings. The maximum absolute atomic E-state index is 13.0. The number of aromatic nitrogens is 2. The first-order valence-corrected chi connectivity index (χ1v) is 9.10. The molecule has 7 heteroatoms. The molecule has 2 aromatic carbocycles. The lowest BCUT2D eigenvalue weighted by Crippen LogP contribution is -2.28. The van der Waals surface area contributed by atoms with Gasteiger partial charge in [-0.1, -0.05) is 24.3 Å². The Labute approximate surface area is 168 Å². The van der Waals surface area contributed by atoms with E-state index in [9.17, 15) is 9.59 Å². The number of carbonyl (C=O) groups is 1. The van der Waals surface area contributed by atoms with Crippen LogP contribution >= 0.6 is 0 Å². The molecule has 7 nitrogen and oxygen atoms in total. The van der Waals surface area contributed by atoms with E-state index in [1.807, 2.05) is 25.1 Å². The van der Waals surface area contributed by atoms with Crippen molar-refractivity contribution in [2.75, 3.05) is 21.3 Å². The number of hydrogen-bond acceptors (Lipinski definition) is 5. The average Bonchev–Trinajstić information content (AvgIpc) is 2.72. The van der Waals surface area contributed by atoms with E-state index < -0.39 is 0 Å². The number of H-pyrrole nitrogens is 1. The third-order valence-corrected chi connectivity index (χ3v) is 4.50. The first-order valence-electron chi connectivity index (χ1n) is 9.10. The van der Waals surface area contributed by atoms with Crippen LogP contribution in [0.15, 0.2) is 47.3 Å². The molecular weight excluding hydrogens is 370 g/mol. The van der Waals surface area contributed by atoms with E-state index >= 15 is 0 Å². The topological polar surface area (TPSA) is 84.5 Å². The predicted molar refractivity (Wildman–Crippen MR) is 112 cm³/mol. The molecule has 0 spiro atoms. The molecule has 0 saturated carbocycles. The van der Waals surface area contributed by atoms with Crippen molar-refractivity contribution in [1.29, 1.82) is 0 Å². The Morgan fingerprint density at radius 2 is 1.97 bits per heavy atom. The Morgan fingerprint density at radius 1 is 1.21 bits per heavy atom. The summed E-state index contributed by atoms with van der Waals surface area (Å²) in [6.07, 6.45) is 3.71. The summed E-state index contributed by atoms with van der Waals surface area (Å²) in [4.78, 5) is 34.0. The number of carbonyl (C=O) groups excluding carboxylic acids is 1. The zero-order valence-corrected chi connectivity index (χ0v) is 16.9. The number of para-hydroxylation sites is 1. The molecule has 3 rings (SSSR count). The molecule has 1 aromatic heterocycles. The second-order valence-corrected chi connectivity index (χ2v) is 6.49. The first kappa shape index (κ1) is 20.1. The fourth-order valence-corrected chi connectivity index (χ4v) is 3.15. The summed E-state index contributed by atoms with van der Waals surface area (Å²) in [6, 6.07) is 10.5. The van der Waals surface area contributed by atoms with Gasteiger partial charge in [0.05, 0.1) is 31.7 Å². The van der Waals surface area contributed by atoms with Gasteiger partial charge in [-0.15, -0.1) is 0 Å². The summed E-state index contributed by atoms with van der Waals surface area (Å²) in [5, 5.41) is 0.515. The maximum atomic E-state index is 13.0. The minimum Gasteiger partial charge on any atom is -0.493 e. The highest BCUT2D eigenvalue weighted by Gasteiger charge is 2.19. The molecule has 1 amide bonds. The van der Waals surface area contributed by atoms with E-state index in [0.717, 1.165) is 5.56 Å². The van der Waals surface area contributed by atoms with Crippen molar-refractivity contribution in [3.63, 3.8) is 0 Å². The SMILES string of the molecule is CC=Cc1cc(C(=O)N(C)Cc2nc3ccccc3c(=O)[nH]2)cc(OC)c1OC. The summed E-state index contributed by atoms with van der Waals surface area (Å²) in [5.74, 6) is 1.22. The molecule has 29 heavy (non-hydrogen) atoms. The van der Waals surface area contributed by atoms with E-state index in [-0.39, 0.29) is 18.0 Å². The van der Waals surface area contributed by atoms with Gasteiger partial charge in [-0.3, -0.25) is 9.59 Å². The Morgan fingerprint density at radius 3 is 2.66 bits per heavy atom. The van der Waals surface area contributed by atoms with Crippen molar-refractivity contribution in [2.24, 2.45) is 0 Å². The molecule has 0 unspecified atom stereocenters. The van der Waals surface area contributed by atoms with Gasteiger partial charge in [-0.05, 0) is 31.2 Å². The number of fused-ring (bicyclic) bond motifs is 1. The van der Waals surface area contributed by atoms with Crippen molar-refractivity contribution in [3.05, 3.63) is 69.8 Å². The van der Waals surface area contributed by atoms with Gasteiger partial charge in [0, 0.05) is 18.2 Å². The summed E-state index contributed by atoms with van der Waals surface area (Å²) >= 11 is 0. The molecule has 0 radical (unpaired) electrons. The lowest BCUT2D eigenvalue weighted by Gasteiger charge is -2.19. The van der Waals surface area contributed by atoms with Gasteiger partial charge in [-0.25, -0.2) is 4.98 Å². The molecule has 0 saturated heterocycles. The second kappa shape index (κ2) is 8.60. The number of benzene rings is 2. The van der Waals surface area contributed by atoms with Crippen LogP contribution in [0.3, 0.4) is 0 Å². The van der Waals surface area contributed by atoms with Crippen LogP contribution in [0.25, 0.3) is 17.0 Å². The van der Waals surface area contributed by atoms with Crippen molar-refractivity contribution < 1.29 is 14.3 Å². The Hall–Kier alpha value is -3.61. The second-order valence-electron chi connectivity index (χ2n) is 6.49. The van der Waals surface area contributed by atoms with Crippen LogP contribution in [0, 0.1) is 0 Å². The Balaban J connectivity index is 1.92. The summed E-state index contributed by atoms with van der Waals surface area (Å²) < 4.78 is 10.8. The minimum atomic E-state index is -0.229. The number of nitrogens with zero attached hydrogens (tertiary/aromatic N) is 2. The third kappa shape index (κ3) is 4.13. The predicted octanol–water partition coefficient (Wildman–Crippen LogP) is 3.25. The third-order valence-electron chi connectivity index (χ3n) is 4.50. The highest BCUT2D eigenvalue weighted by atomic mass is 16.5. The van der Waals surface area contributed by atoms with Crippen LogP contribution < -0.4 is 15.0 Å². The molecule has 0 bridgehead atoms. The number of allylic oxidation sites excluding steroid dienone is 1. The fourth-order valence-electron chi connectivity index (χ4n) is 3.15. The number of hydrogen-bond donors (Lipinski definition) is 1. The summed E-state index contributed by atoms with van der Waals surface area (Å²) in [7, 11) is 4.74. The van der Waals surface area contributed by atoms with Crippen LogP contribution in [-0.2, 0) is 6.54 Å². The monoisotopic (exact) mass is 393 g/mol. The summed E-state index contributed by atoms with van der Waals surface area (Å²) in [6.45, 7) is 2.04. The van der Waals surface area contributed by atoms with E-state index in [2.05, 4.69) is 9.97 Å². The van der Waals surface area contributed by atoms with E-state index in [4.69, 9.17) is 9.47 Å². The standard InChI is InChI=1S/C22H23N3O4/c1-5-8-14-11-15(12-18(28-3)20(14)29-4)22(27)25(2)13-19-23-17-10-7-6-9-16(17)21(26)24-19/h5-12H,13H2,1-4H3,(H,23,24,26). The van der Waals surface area contributed by atoms with E-state index in [0.29, 0.717) is 33.8 Å². The van der Waals surface area contributed by atoms with Crippen molar-refractivity contribution in [3.8, 4) is 11.5 Å². The number of methoxy groups -OCH3 is 2. The van der Waals surface area contributed by atoms with Crippen LogP contribution in [0.5, 0.6) is 11.5 Å². The van der Waals surface area contributed by atoms with Crippen LogP contribution in [0.2, 0.25) is 0 Å². The zero-order chi connectivity index (χ0) is 21.0. The maximum Gasteiger partial charge on any atom is 0.258 e. The lowest BCUT2D eigenvalue weighted by molar-refractivity contribution is 0.0781. The molecular formula is C22H23N3O4. The normalized spacial score (nSPS) is 11.0. The smallest absolute Gasteiger partial charge is 0.258 e. The number of amides is 1. The number of rotatable bonds is 6. The molecule has 3 aromatic rings. The molecule has 0 atom stereocenters. The first-order chi connectivity index (χ1) is 14.0. The van der Waals surface area contributed by atoms with Gasteiger partial charge >= 0.3 is 0 Å². The average molecular weight is 393 g/mol. The largest absolute Gasteiger partial charge is 0.493 e. The number of nitrogens with one attached hydrogen (secondary N) is 1. The van der Waals surface area contributed by atoms with Crippen molar-refractivity contribution in [2.45, 2.75) is 13.5 Å². The quantitative estimate of drug-likeness (QED) is 0.695. The van der Waals surface area contributed by atoms with Gasteiger partial charge in [0.25, 0.3) is 11.5 Å². The van der Waals surface area contributed by atoms with Gasteiger partial charge in [0.2, 0.25) is 0 Å². The lowest BCUT2D eigenvalue weighted by atomic mass is 10.1. The van der Waals surface area contributed by atoms with E-state index in [1.54, 1.807) is 44.5 Å². The molecule has 0 aliphatic carbocycles. The number of aromatic amines is 1. The van der Waals surface area contributed by atoms with E-state index in [1.165, 1.54) is 12.0 Å². The van der Waals surface area contributed by atoms with Crippen LogP contribution in [0.4, 0.5) is 0 Å². The van der Waals surface area contributed by atoms with Crippen LogP contribution in [-0.4, -0.2) is 42.0 Å². The fraction of sp³-hybridized carbons (Fsp3) is 0.227. The summed E-state index contributed by atoms with van der Waals surface area (Å²) in [5.41, 5.74) is 1.55. The highest BCUT2D eigenvalue weighted by Crippen LogP contribution is 2.34. The Bertz CT molecular complexity index is 1130. The van der Waals surface area contributed by atoms with Crippen molar-refractivity contribution >= 4 is 22.9 Å². The zero-order valence-electron chi connectivity index (χ0n) is 16.9. The molecule has 1 N–H and O–H groups in total. The number of ether oxygens (including phenoxy) is 2. The van der Waals surface area contributed by atoms with Crippen molar-refractivity contribution in [1.82, 2.24) is 14.9 Å². The molecule has 0 aliphatic heterocycles. The van der Waals surface area contributed by atoms with Crippen LogP contribution in [0.1, 0.15) is 28.7 Å². The minimum absolute atomic E-state index is 0.159. The highest BCUT2D eigenvalue weighted by molar-refractivity contribution is 5.95. The Kier molecular flexibility index (Phi) is 5.97. The van der Waals surface area contributed by atoms with Gasteiger partial charge in [0.15, 0.2) is 11.5 Å². The molecule has 0 aliphatic rings. The van der Waals surface area contributed by atoms with Gasteiger partial charge in [0.1, 0.15) is 5.82 Å². The van der Waals surface area contributed by atoms with Gasteiger partial charge < -0.3 is 19.4 Å².